The van der Waals surface area contributed by atoms with Gasteiger partial charge in [0, 0.05) is 11.8 Å². The lowest BCUT2D eigenvalue weighted by molar-refractivity contribution is 0.801. The standard InChI is InChI=1S/C17H18N6/c1-12-9-13(2)23(22-12)17-10-16(18-11-19-17)21-20-14(3)15-7-5-4-6-8-15/h4-11H,1-3H3,(H,18,19,21)/b20-14-. The Morgan fingerprint density at radius 1 is 1.09 bits per heavy atom. The topological polar surface area (TPSA) is 68.0 Å². The van der Waals surface area contributed by atoms with Gasteiger partial charge in [0.15, 0.2) is 11.6 Å². The molecule has 1 N–H and O–H groups in total. The average Bonchev–Trinajstić information content (AvgIpc) is 2.92. The molecule has 3 aromatic rings. The van der Waals surface area contributed by atoms with E-state index in [-0.39, 0.29) is 0 Å². The Morgan fingerprint density at radius 3 is 2.57 bits per heavy atom. The van der Waals surface area contributed by atoms with E-state index in [1.165, 1.54) is 6.33 Å². The first-order valence-corrected chi connectivity index (χ1v) is 7.35. The number of hydrogen-bond acceptors (Lipinski definition) is 5. The van der Waals surface area contributed by atoms with Gasteiger partial charge >= 0.3 is 0 Å². The quantitative estimate of drug-likeness (QED) is 0.594. The van der Waals surface area contributed by atoms with E-state index in [1.54, 1.807) is 4.68 Å². The molecule has 0 amide bonds. The van der Waals surface area contributed by atoms with Crippen molar-refractivity contribution in [1.82, 2.24) is 19.7 Å². The van der Waals surface area contributed by atoms with Gasteiger partial charge in [0.2, 0.25) is 0 Å². The normalized spacial score (nSPS) is 11.5. The van der Waals surface area contributed by atoms with Gasteiger partial charge in [-0.15, -0.1) is 0 Å². The van der Waals surface area contributed by atoms with Crippen LogP contribution in [0.5, 0.6) is 0 Å². The number of aryl methyl sites for hydroxylation is 2. The highest BCUT2D eigenvalue weighted by Gasteiger charge is 2.06. The molecule has 0 spiro atoms. The van der Waals surface area contributed by atoms with Crippen LogP contribution in [-0.4, -0.2) is 25.5 Å². The zero-order chi connectivity index (χ0) is 16.2. The third-order valence-corrected chi connectivity index (χ3v) is 3.41. The fourth-order valence-corrected chi connectivity index (χ4v) is 2.27. The van der Waals surface area contributed by atoms with Crippen molar-refractivity contribution in [2.24, 2.45) is 5.10 Å². The highest BCUT2D eigenvalue weighted by Crippen LogP contribution is 2.12. The number of benzene rings is 1. The third-order valence-electron chi connectivity index (χ3n) is 3.41. The van der Waals surface area contributed by atoms with Crippen molar-refractivity contribution in [1.29, 1.82) is 0 Å². The Hall–Kier alpha value is -3.02. The van der Waals surface area contributed by atoms with Gasteiger partial charge in [0.1, 0.15) is 6.33 Å². The van der Waals surface area contributed by atoms with E-state index in [0.717, 1.165) is 22.7 Å². The highest BCUT2D eigenvalue weighted by molar-refractivity contribution is 5.98. The Labute approximate surface area is 134 Å². The minimum Gasteiger partial charge on any atom is -0.261 e. The molecule has 0 bridgehead atoms. The maximum absolute atomic E-state index is 4.43. The summed E-state index contributed by atoms with van der Waals surface area (Å²) in [6.45, 7) is 5.90. The van der Waals surface area contributed by atoms with Gasteiger partial charge in [-0.1, -0.05) is 30.3 Å². The summed E-state index contributed by atoms with van der Waals surface area (Å²) in [4.78, 5) is 8.47. The minimum absolute atomic E-state index is 0.623. The fourth-order valence-electron chi connectivity index (χ4n) is 2.27. The molecule has 0 fully saturated rings. The number of aromatic nitrogens is 4. The van der Waals surface area contributed by atoms with E-state index in [2.05, 4.69) is 25.6 Å². The molecular formula is C17H18N6. The molecule has 116 valence electrons. The molecule has 0 aliphatic heterocycles. The molecule has 2 heterocycles. The first-order valence-electron chi connectivity index (χ1n) is 7.35. The molecule has 0 unspecified atom stereocenters. The van der Waals surface area contributed by atoms with Crippen molar-refractivity contribution in [3.63, 3.8) is 0 Å². The maximum Gasteiger partial charge on any atom is 0.159 e. The molecule has 0 aliphatic carbocycles. The molecule has 3 rings (SSSR count). The lowest BCUT2D eigenvalue weighted by Crippen LogP contribution is -2.05. The minimum atomic E-state index is 0.623. The van der Waals surface area contributed by atoms with Crippen LogP contribution in [0.15, 0.2) is 53.9 Å². The van der Waals surface area contributed by atoms with Gasteiger partial charge in [-0.2, -0.15) is 10.2 Å². The molecule has 6 nitrogen and oxygen atoms in total. The Morgan fingerprint density at radius 2 is 1.87 bits per heavy atom. The Bertz CT molecular complexity index is 835. The Kier molecular flexibility index (Phi) is 4.14. The monoisotopic (exact) mass is 306 g/mol. The molecule has 23 heavy (non-hydrogen) atoms. The first kappa shape index (κ1) is 14.9. The lowest BCUT2D eigenvalue weighted by Gasteiger charge is -2.06. The van der Waals surface area contributed by atoms with Crippen molar-refractivity contribution >= 4 is 11.5 Å². The van der Waals surface area contributed by atoms with Gasteiger partial charge in [0.05, 0.1) is 11.4 Å². The van der Waals surface area contributed by atoms with Gasteiger partial charge < -0.3 is 0 Å². The number of hydrogen-bond donors (Lipinski definition) is 1. The second kappa shape index (κ2) is 6.39. The van der Waals surface area contributed by atoms with Crippen LogP contribution in [0.2, 0.25) is 0 Å². The van der Waals surface area contributed by atoms with Crippen molar-refractivity contribution in [3.05, 3.63) is 65.7 Å². The smallest absolute Gasteiger partial charge is 0.159 e. The SMILES string of the molecule is C/C(=N/Nc1cc(-n2nc(C)cc2C)ncn1)c1ccccc1. The predicted molar refractivity (Wildman–Crippen MR) is 90.9 cm³/mol. The lowest BCUT2D eigenvalue weighted by atomic mass is 10.1. The summed E-state index contributed by atoms with van der Waals surface area (Å²) in [6, 6.07) is 13.8. The summed E-state index contributed by atoms with van der Waals surface area (Å²) in [5.74, 6) is 1.33. The zero-order valence-electron chi connectivity index (χ0n) is 13.4. The second-order valence-corrected chi connectivity index (χ2v) is 5.28. The van der Waals surface area contributed by atoms with Crippen LogP contribution in [-0.2, 0) is 0 Å². The molecule has 2 aromatic heterocycles. The Balaban J connectivity index is 1.82. The van der Waals surface area contributed by atoms with E-state index < -0.39 is 0 Å². The molecule has 1 aromatic carbocycles. The summed E-state index contributed by atoms with van der Waals surface area (Å²) >= 11 is 0. The number of nitrogens with one attached hydrogen (secondary N) is 1. The predicted octanol–water partition coefficient (Wildman–Crippen LogP) is 3.12. The van der Waals surface area contributed by atoms with Crippen LogP contribution in [0.25, 0.3) is 5.82 Å². The second-order valence-electron chi connectivity index (χ2n) is 5.28. The van der Waals surface area contributed by atoms with E-state index in [1.807, 2.05) is 63.2 Å². The van der Waals surface area contributed by atoms with Crippen molar-refractivity contribution < 1.29 is 0 Å². The van der Waals surface area contributed by atoms with Crippen LogP contribution >= 0.6 is 0 Å². The zero-order valence-corrected chi connectivity index (χ0v) is 13.4. The fraction of sp³-hybridized carbons (Fsp3) is 0.176. The molecule has 0 radical (unpaired) electrons. The van der Waals surface area contributed by atoms with Crippen LogP contribution in [0.4, 0.5) is 5.82 Å². The summed E-state index contributed by atoms with van der Waals surface area (Å²) in [7, 11) is 0. The number of hydrazone groups is 1. The van der Waals surface area contributed by atoms with Crippen LogP contribution in [0.3, 0.4) is 0 Å². The van der Waals surface area contributed by atoms with Crippen molar-refractivity contribution in [3.8, 4) is 5.82 Å². The van der Waals surface area contributed by atoms with E-state index in [9.17, 15) is 0 Å². The molecule has 0 saturated heterocycles. The molecule has 0 atom stereocenters. The summed E-state index contributed by atoms with van der Waals surface area (Å²) < 4.78 is 1.79. The molecule has 0 aliphatic rings. The summed E-state index contributed by atoms with van der Waals surface area (Å²) in [6.07, 6.45) is 1.50. The van der Waals surface area contributed by atoms with Crippen LogP contribution in [0.1, 0.15) is 23.9 Å². The van der Waals surface area contributed by atoms with Gasteiger partial charge in [-0.25, -0.2) is 14.6 Å². The molecule has 6 heteroatoms. The third kappa shape index (κ3) is 3.42. The maximum atomic E-state index is 4.43. The first-order chi connectivity index (χ1) is 11.1. The summed E-state index contributed by atoms with van der Waals surface area (Å²) in [5, 5.41) is 8.80. The van der Waals surface area contributed by atoms with Crippen molar-refractivity contribution in [2.75, 3.05) is 5.43 Å². The van der Waals surface area contributed by atoms with Gasteiger partial charge in [-0.05, 0) is 32.4 Å². The number of anilines is 1. The van der Waals surface area contributed by atoms with Crippen molar-refractivity contribution in [2.45, 2.75) is 20.8 Å². The van der Waals surface area contributed by atoms with Gasteiger partial charge in [-0.3, -0.25) is 5.43 Å². The molecular weight excluding hydrogens is 288 g/mol. The summed E-state index contributed by atoms with van der Waals surface area (Å²) in [5.41, 5.74) is 6.90. The van der Waals surface area contributed by atoms with Crippen LogP contribution < -0.4 is 5.43 Å². The highest BCUT2D eigenvalue weighted by atomic mass is 15.3. The van der Waals surface area contributed by atoms with Gasteiger partial charge in [0.25, 0.3) is 0 Å². The van der Waals surface area contributed by atoms with E-state index in [0.29, 0.717) is 11.6 Å². The number of rotatable bonds is 4. The van der Waals surface area contributed by atoms with E-state index >= 15 is 0 Å². The average molecular weight is 306 g/mol. The molecule has 0 saturated carbocycles. The number of nitrogens with zero attached hydrogens (tertiary/aromatic N) is 5. The van der Waals surface area contributed by atoms with E-state index in [4.69, 9.17) is 0 Å². The van der Waals surface area contributed by atoms with Crippen LogP contribution in [0, 0.1) is 13.8 Å². The largest absolute Gasteiger partial charge is 0.261 e.